The summed E-state index contributed by atoms with van der Waals surface area (Å²) in [6.07, 6.45) is 4.45. The van der Waals surface area contributed by atoms with Gasteiger partial charge in [0.15, 0.2) is 0 Å². The number of carbonyl (C=O) groups is 2. The third-order valence-corrected chi connectivity index (χ3v) is 5.85. The van der Waals surface area contributed by atoms with Crippen LogP contribution < -0.4 is 15.4 Å². The quantitative estimate of drug-likeness (QED) is 0.429. The van der Waals surface area contributed by atoms with Gasteiger partial charge in [0.25, 0.3) is 5.91 Å². The van der Waals surface area contributed by atoms with E-state index in [-0.39, 0.29) is 17.0 Å². The first kappa shape index (κ1) is 23.5. The van der Waals surface area contributed by atoms with Crippen LogP contribution in [0.2, 0.25) is 5.02 Å². The molecule has 1 aromatic carbocycles. The number of hydrogen-bond donors (Lipinski definition) is 3. The zero-order valence-electron chi connectivity index (χ0n) is 18.5. The van der Waals surface area contributed by atoms with Crippen molar-refractivity contribution in [1.82, 2.24) is 15.3 Å². The van der Waals surface area contributed by atoms with Gasteiger partial charge in [0.1, 0.15) is 11.9 Å². The number of nitrogens with zero attached hydrogens (tertiary/aromatic N) is 2. The Balaban J connectivity index is 1.30. The second-order valence-electron chi connectivity index (χ2n) is 7.99. The summed E-state index contributed by atoms with van der Waals surface area (Å²) in [5.74, 6) is -0.294. The number of rotatable bonds is 9. The Morgan fingerprint density at radius 3 is 2.79 bits per heavy atom. The molecule has 4 rings (SSSR count). The molecule has 0 spiro atoms. The number of halogens is 1. The summed E-state index contributed by atoms with van der Waals surface area (Å²) < 4.78 is 5.72. The van der Waals surface area contributed by atoms with E-state index >= 15 is 0 Å². The lowest BCUT2D eigenvalue weighted by Crippen LogP contribution is -2.42. The number of carbonyl (C=O) groups excluding carboxylic acids is 1. The van der Waals surface area contributed by atoms with Gasteiger partial charge in [0.05, 0.1) is 17.2 Å². The fourth-order valence-electron chi connectivity index (χ4n) is 3.70. The Kier molecular flexibility index (Phi) is 7.59. The van der Waals surface area contributed by atoms with Gasteiger partial charge < -0.3 is 20.5 Å². The van der Waals surface area contributed by atoms with Crippen molar-refractivity contribution in [3.05, 3.63) is 82.1 Å². The first-order chi connectivity index (χ1) is 16.5. The number of carboxylic acids is 1. The summed E-state index contributed by atoms with van der Waals surface area (Å²) in [7, 11) is 0. The van der Waals surface area contributed by atoms with Crippen molar-refractivity contribution in [3.8, 4) is 5.88 Å². The molecule has 0 aliphatic carbocycles. The van der Waals surface area contributed by atoms with E-state index in [9.17, 15) is 14.7 Å². The van der Waals surface area contributed by atoms with Crippen molar-refractivity contribution >= 4 is 29.3 Å². The summed E-state index contributed by atoms with van der Waals surface area (Å²) in [5.41, 5.74) is 3.07. The highest BCUT2D eigenvalue weighted by Crippen LogP contribution is 2.20. The van der Waals surface area contributed by atoms with Crippen molar-refractivity contribution in [3.63, 3.8) is 0 Å². The van der Waals surface area contributed by atoms with Gasteiger partial charge in [-0.1, -0.05) is 35.9 Å². The van der Waals surface area contributed by atoms with E-state index in [0.717, 1.165) is 30.9 Å². The largest absolute Gasteiger partial charge is 0.480 e. The Bertz CT molecular complexity index is 1170. The second-order valence-corrected chi connectivity index (χ2v) is 8.40. The van der Waals surface area contributed by atoms with Crippen LogP contribution in [0.25, 0.3) is 0 Å². The topological polar surface area (TPSA) is 113 Å². The summed E-state index contributed by atoms with van der Waals surface area (Å²) in [6, 6.07) is 12.9. The number of amides is 1. The average molecular weight is 481 g/mol. The minimum Gasteiger partial charge on any atom is -0.480 e. The van der Waals surface area contributed by atoms with Crippen molar-refractivity contribution < 1.29 is 19.4 Å². The average Bonchev–Trinajstić information content (AvgIpc) is 2.84. The van der Waals surface area contributed by atoms with Crippen LogP contribution in [0.15, 0.2) is 54.7 Å². The van der Waals surface area contributed by atoms with Gasteiger partial charge in [-0.2, -0.15) is 0 Å². The maximum atomic E-state index is 12.4. The molecule has 176 valence electrons. The predicted molar refractivity (Wildman–Crippen MR) is 129 cm³/mol. The van der Waals surface area contributed by atoms with Gasteiger partial charge in [-0.25, -0.2) is 14.8 Å². The monoisotopic (exact) mass is 480 g/mol. The summed E-state index contributed by atoms with van der Waals surface area (Å²) >= 11 is 6.03. The Labute approximate surface area is 202 Å². The third kappa shape index (κ3) is 6.02. The second kappa shape index (κ2) is 11.0. The zero-order chi connectivity index (χ0) is 23.9. The number of aliphatic carboxylic acids is 1. The highest BCUT2D eigenvalue weighted by molar-refractivity contribution is 6.33. The Morgan fingerprint density at radius 2 is 2.03 bits per heavy atom. The van der Waals surface area contributed by atoms with E-state index in [1.54, 1.807) is 42.6 Å². The summed E-state index contributed by atoms with van der Waals surface area (Å²) in [5, 5.41) is 15.7. The predicted octanol–water partition coefficient (Wildman–Crippen LogP) is 3.54. The molecule has 1 aliphatic rings. The third-order valence-electron chi connectivity index (χ3n) is 5.52. The molecule has 34 heavy (non-hydrogen) atoms. The van der Waals surface area contributed by atoms with Gasteiger partial charge >= 0.3 is 5.97 Å². The van der Waals surface area contributed by atoms with Crippen LogP contribution in [-0.2, 0) is 24.1 Å². The van der Waals surface area contributed by atoms with Gasteiger partial charge in [-0.05, 0) is 42.2 Å². The minimum absolute atomic E-state index is 0.0743. The summed E-state index contributed by atoms with van der Waals surface area (Å²) in [4.78, 5) is 33.0. The number of hydrogen-bond acceptors (Lipinski definition) is 6. The number of aromatic nitrogens is 2. The lowest BCUT2D eigenvalue weighted by molar-refractivity contribution is -0.139. The molecule has 0 radical (unpaired) electrons. The van der Waals surface area contributed by atoms with Gasteiger partial charge in [0.2, 0.25) is 5.88 Å². The van der Waals surface area contributed by atoms with Crippen molar-refractivity contribution in [1.29, 1.82) is 0 Å². The highest BCUT2D eigenvalue weighted by Gasteiger charge is 2.22. The molecular formula is C25H25ClN4O4. The van der Waals surface area contributed by atoms with Crippen LogP contribution in [0, 0.1) is 0 Å². The number of ether oxygens (including phenoxy) is 1. The van der Waals surface area contributed by atoms with Crippen LogP contribution in [0.1, 0.15) is 33.6 Å². The SMILES string of the molecule is O=C(N[C@@H](Cc1ccc(OCCc2ccc3c(n2)NCCC3)nc1)C(=O)O)c1ccccc1Cl. The maximum Gasteiger partial charge on any atom is 0.326 e. The van der Waals surface area contributed by atoms with E-state index in [4.69, 9.17) is 16.3 Å². The molecule has 1 atom stereocenters. The lowest BCUT2D eigenvalue weighted by atomic mass is 10.1. The molecule has 1 amide bonds. The molecule has 2 aromatic heterocycles. The smallest absolute Gasteiger partial charge is 0.326 e. The number of aryl methyl sites for hydroxylation is 1. The van der Waals surface area contributed by atoms with Crippen LogP contribution in [0.3, 0.4) is 0 Å². The van der Waals surface area contributed by atoms with E-state index < -0.39 is 17.9 Å². The molecule has 0 saturated heterocycles. The lowest BCUT2D eigenvalue weighted by Gasteiger charge is -2.17. The number of fused-ring (bicyclic) bond motifs is 1. The first-order valence-corrected chi connectivity index (χ1v) is 11.5. The van der Waals surface area contributed by atoms with Crippen molar-refractivity contribution in [2.45, 2.75) is 31.7 Å². The Morgan fingerprint density at radius 1 is 1.18 bits per heavy atom. The van der Waals surface area contributed by atoms with Crippen LogP contribution >= 0.6 is 11.6 Å². The molecule has 8 nitrogen and oxygen atoms in total. The zero-order valence-corrected chi connectivity index (χ0v) is 19.2. The van der Waals surface area contributed by atoms with Crippen molar-refractivity contribution in [2.24, 2.45) is 0 Å². The Hall–Kier alpha value is -3.65. The van der Waals surface area contributed by atoms with Crippen LogP contribution in [-0.4, -0.2) is 46.1 Å². The molecule has 3 heterocycles. The summed E-state index contributed by atoms with van der Waals surface area (Å²) in [6.45, 7) is 1.37. The first-order valence-electron chi connectivity index (χ1n) is 11.1. The van der Waals surface area contributed by atoms with Crippen LogP contribution in [0.4, 0.5) is 5.82 Å². The number of nitrogens with one attached hydrogen (secondary N) is 2. The molecule has 0 fully saturated rings. The van der Waals surface area contributed by atoms with E-state index in [0.29, 0.717) is 24.5 Å². The fraction of sp³-hybridized carbons (Fsp3) is 0.280. The number of pyridine rings is 2. The normalized spacial score (nSPS) is 13.3. The molecule has 0 saturated carbocycles. The maximum absolute atomic E-state index is 12.4. The highest BCUT2D eigenvalue weighted by atomic mass is 35.5. The number of carboxylic acid groups (broad SMARTS) is 1. The molecule has 0 bridgehead atoms. The van der Waals surface area contributed by atoms with Gasteiger partial charge in [-0.15, -0.1) is 0 Å². The van der Waals surface area contributed by atoms with Gasteiger partial charge in [0, 0.05) is 37.3 Å². The molecular weight excluding hydrogens is 456 g/mol. The van der Waals surface area contributed by atoms with E-state index in [2.05, 4.69) is 26.7 Å². The van der Waals surface area contributed by atoms with E-state index in [1.807, 2.05) is 6.07 Å². The molecule has 3 aromatic rings. The van der Waals surface area contributed by atoms with Crippen molar-refractivity contribution in [2.75, 3.05) is 18.5 Å². The van der Waals surface area contributed by atoms with E-state index in [1.165, 1.54) is 5.56 Å². The van der Waals surface area contributed by atoms with Gasteiger partial charge in [-0.3, -0.25) is 4.79 Å². The minimum atomic E-state index is -1.15. The fourth-order valence-corrected chi connectivity index (χ4v) is 3.92. The molecule has 3 N–H and O–H groups in total. The number of anilines is 1. The molecule has 9 heteroatoms. The van der Waals surface area contributed by atoms with Crippen LogP contribution in [0.5, 0.6) is 5.88 Å². The molecule has 0 unspecified atom stereocenters. The molecule has 1 aliphatic heterocycles. The standard InChI is InChI=1S/C25H25ClN4O4/c26-20-6-2-1-5-19(20)24(31)30-21(25(32)33)14-16-7-10-22(28-15-16)34-13-11-18-9-8-17-4-3-12-27-23(17)29-18/h1-2,5-10,15,21H,3-4,11-14H2,(H,27,29)(H,30,31)(H,32,33)/t21-/m0/s1. The number of benzene rings is 1.